The molecule has 10 nitrogen and oxygen atoms in total. The van der Waals surface area contributed by atoms with Crippen molar-refractivity contribution in [1.82, 2.24) is 20.9 Å². The lowest BCUT2D eigenvalue weighted by Crippen LogP contribution is -2.58. The number of carboxylic acid groups (broad SMARTS) is 1. The van der Waals surface area contributed by atoms with Crippen molar-refractivity contribution in [3.8, 4) is 0 Å². The molecule has 0 aliphatic rings. The van der Waals surface area contributed by atoms with Crippen LogP contribution in [-0.4, -0.2) is 70.0 Å². The number of H-pyrrole nitrogens is 1. The van der Waals surface area contributed by atoms with Crippen LogP contribution in [0.25, 0.3) is 10.9 Å². The highest BCUT2D eigenvalue weighted by Gasteiger charge is 2.30. The third kappa shape index (κ3) is 9.63. The maximum absolute atomic E-state index is 13.6. The van der Waals surface area contributed by atoms with Gasteiger partial charge in [0.2, 0.25) is 17.7 Å². The molecule has 226 valence electrons. The van der Waals surface area contributed by atoms with Gasteiger partial charge < -0.3 is 31.8 Å². The molecule has 0 bridgehead atoms. The zero-order chi connectivity index (χ0) is 30.6. The number of hydrogen-bond donors (Lipinski definition) is 6. The van der Waals surface area contributed by atoms with Crippen molar-refractivity contribution in [1.29, 1.82) is 0 Å². The van der Waals surface area contributed by atoms with Crippen molar-refractivity contribution in [3.63, 3.8) is 0 Å². The summed E-state index contributed by atoms with van der Waals surface area (Å²) in [6, 6.07) is 13.0. The van der Waals surface area contributed by atoms with E-state index in [-0.39, 0.29) is 25.2 Å². The van der Waals surface area contributed by atoms with Crippen LogP contribution in [0.5, 0.6) is 0 Å². The zero-order valence-electron chi connectivity index (χ0n) is 24.3. The van der Waals surface area contributed by atoms with Crippen LogP contribution in [0.2, 0.25) is 0 Å². The lowest BCUT2D eigenvalue weighted by Gasteiger charge is -2.25. The van der Waals surface area contributed by atoms with E-state index in [0.717, 1.165) is 22.0 Å². The fraction of sp³-hybridized carbons (Fsp3) is 0.419. The van der Waals surface area contributed by atoms with Gasteiger partial charge in [-0.1, -0.05) is 62.4 Å². The van der Waals surface area contributed by atoms with E-state index in [1.807, 2.05) is 80.9 Å². The number of aromatic nitrogens is 1. The summed E-state index contributed by atoms with van der Waals surface area (Å²) in [6.07, 6.45) is 4.69. The monoisotopic (exact) mass is 595 g/mol. The van der Waals surface area contributed by atoms with Gasteiger partial charge in [0.05, 0.1) is 6.04 Å². The van der Waals surface area contributed by atoms with Gasteiger partial charge in [-0.05, 0) is 54.4 Å². The molecular weight excluding hydrogens is 554 g/mol. The summed E-state index contributed by atoms with van der Waals surface area (Å²) >= 11 is 1.50. The topological polar surface area (TPSA) is 166 Å². The molecule has 0 fully saturated rings. The predicted molar refractivity (Wildman–Crippen MR) is 166 cm³/mol. The molecule has 3 rings (SSSR count). The quantitative estimate of drug-likeness (QED) is 0.148. The Labute approximate surface area is 250 Å². The molecule has 7 N–H and O–H groups in total. The van der Waals surface area contributed by atoms with E-state index in [1.54, 1.807) is 0 Å². The van der Waals surface area contributed by atoms with Gasteiger partial charge in [0.1, 0.15) is 18.1 Å². The molecule has 3 amide bonds. The summed E-state index contributed by atoms with van der Waals surface area (Å²) in [7, 11) is 0. The average Bonchev–Trinajstić information content (AvgIpc) is 3.37. The molecule has 1 aromatic heterocycles. The molecule has 4 unspecified atom stereocenters. The number of aromatic amines is 1. The molecule has 42 heavy (non-hydrogen) atoms. The molecule has 0 radical (unpaired) electrons. The van der Waals surface area contributed by atoms with Crippen LogP contribution >= 0.6 is 11.8 Å². The third-order valence-corrected chi connectivity index (χ3v) is 7.58. The van der Waals surface area contributed by atoms with Crippen LogP contribution in [0.4, 0.5) is 0 Å². The fourth-order valence-electron chi connectivity index (χ4n) is 4.71. The normalized spacial score (nSPS) is 14.1. The first-order valence-corrected chi connectivity index (χ1v) is 15.5. The fourth-order valence-corrected chi connectivity index (χ4v) is 5.18. The predicted octanol–water partition coefficient (Wildman–Crippen LogP) is 2.62. The van der Waals surface area contributed by atoms with Crippen molar-refractivity contribution >= 4 is 46.4 Å². The summed E-state index contributed by atoms with van der Waals surface area (Å²) in [6.45, 7) is 3.74. The highest BCUT2D eigenvalue weighted by Crippen LogP contribution is 2.19. The van der Waals surface area contributed by atoms with Crippen molar-refractivity contribution in [2.75, 3.05) is 12.0 Å². The van der Waals surface area contributed by atoms with Crippen LogP contribution in [-0.2, 0) is 32.0 Å². The van der Waals surface area contributed by atoms with Crippen LogP contribution in [0, 0.1) is 5.92 Å². The minimum atomic E-state index is -1.13. The van der Waals surface area contributed by atoms with Gasteiger partial charge in [-0.2, -0.15) is 11.8 Å². The zero-order valence-corrected chi connectivity index (χ0v) is 25.1. The Balaban J connectivity index is 1.76. The molecule has 2 aromatic carbocycles. The number of para-hydroxylation sites is 1. The standard InChI is InChI=1S/C31H41N5O5S/c1-19(2)15-27(31(40)41)36-29(38)25(13-14-42-3)34-30(39)26(16-20-9-5-4-6-10-20)35-28(37)23(32)17-21-18-33-24-12-8-7-11-22(21)24/h4-12,18-19,23,25-27,33H,13-17,32H2,1-3H3,(H,34,39)(H,35,37)(H,36,38)(H,40,41). The number of thioether (sulfide) groups is 1. The summed E-state index contributed by atoms with van der Waals surface area (Å²) in [4.78, 5) is 54.9. The first-order chi connectivity index (χ1) is 20.1. The van der Waals surface area contributed by atoms with Gasteiger partial charge in [0.25, 0.3) is 0 Å². The Kier molecular flexibility index (Phi) is 12.4. The lowest BCUT2D eigenvalue weighted by molar-refractivity contribution is -0.142. The Hall–Kier alpha value is -3.83. The Bertz CT molecular complexity index is 1350. The van der Waals surface area contributed by atoms with Crippen molar-refractivity contribution in [2.24, 2.45) is 11.7 Å². The second-order valence-electron chi connectivity index (χ2n) is 10.8. The number of benzene rings is 2. The average molecular weight is 596 g/mol. The molecule has 0 saturated heterocycles. The molecule has 0 aliphatic carbocycles. The van der Waals surface area contributed by atoms with Crippen LogP contribution in [0.1, 0.15) is 37.8 Å². The molecule has 0 spiro atoms. The molecule has 3 aromatic rings. The number of aliphatic carboxylic acids is 1. The Morgan fingerprint density at radius 2 is 1.48 bits per heavy atom. The van der Waals surface area contributed by atoms with Crippen LogP contribution in [0.3, 0.4) is 0 Å². The van der Waals surface area contributed by atoms with Crippen molar-refractivity contribution in [2.45, 2.75) is 63.7 Å². The number of nitrogens with two attached hydrogens (primary N) is 1. The van der Waals surface area contributed by atoms with E-state index in [1.165, 1.54) is 11.8 Å². The first kappa shape index (κ1) is 32.7. The van der Waals surface area contributed by atoms with E-state index >= 15 is 0 Å². The number of fused-ring (bicyclic) bond motifs is 1. The highest BCUT2D eigenvalue weighted by atomic mass is 32.2. The molecule has 11 heteroatoms. The van der Waals surface area contributed by atoms with Crippen LogP contribution < -0.4 is 21.7 Å². The SMILES string of the molecule is CSCCC(NC(=O)C(Cc1ccccc1)NC(=O)C(N)Cc1c[nH]c2ccccc12)C(=O)NC(CC(C)C)C(=O)O. The summed E-state index contributed by atoms with van der Waals surface area (Å²) in [5, 5.41) is 18.7. The van der Waals surface area contributed by atoms with Crippen molar-refractivity contribution < 1.29 is 24.3 Å². The van der Waals surface area contributed by atoms with E-state index in [9.17, 15) is 24.3 Å². The minimum Gasteiger partial charge on any atom is -0.480 e. The third-order valence-electron chi connectivity index (χ3n) is 6.93. The molecule has 4 atom stereocenters. The summed E-state index contributed by atoms with van der Waals surface area (Å²) in [5.41, 5.74) is 8.94. The number of amides is 3. The highest BCUT2D eigenvalue weighted by molar-refractivity contribution is 7.98. The second-order valence-corrected chi connectivity index (χ2v) is 11.8. The minimum absolute atomic E-state index is 0.0459. The maximum Gasteiger partial charge on any atom is 0.326 e. The van der Waals surface area contributed by atoms with E-state index in [4.69, 9.17) is 5.73 Å². The van der Waals surface area contributed by atoms with Crippen molar-refractivity contribution in [3.05, 3.63) is 71.9 Å². The van der Waals surface area contributed by atoms with E-state index in [0.29, 0.717) is 12.2 Å². The number of nitrogens with one attached hydrogen (secondary N) is 4. The van der Waals surface area contributed by atoms with Gasteiger partial charge in [0, 0.05) is 23.5 Å². The number of hydrogen-bond acceptors (Lipinski definition) is 6. The molecular formula is C31H41N5O5S. The van der Waals surface area contributed by atoms with E-state index in [2.05, 4.69) is 20.9 Å². The first-order valence-electron chi connectivity index (χ1n) is 14.1. The van der Waals surface area contributed by atoms with Gasteiger partial charge in [0.15, 0.2) is 0 Å². The Morgan fingerprint density at radius 3 is 2.14 bits per heavy atom. The lowest BCUT2D eigenvalue weighted by atomic mass is 10.0. The smallest absolute Gasteiger partial charge is 0.326 e. The van der Waals surface area contributed by atoms with E-state index < -0.39 is 47.9 Å². The summed E-state index contributed by atoms with van der Waals surface area (Å²) in [5.74, 6) is -2.15. The number of carboxylic acids is 1. The van der Waals surface area contributed by atoms with Gasteiger partial charge in [-0.15, -0.1) is 0 Å². The van der Waals surface area contributed by atoms with Gasteiger partial charge in [-0.25, -0.2) is 4.79 Å². The molecule has 1 heterocycles. The second kappa shape index (κ2) is 16.0. The van der Waals surface area contributed by atoms with Crippen LogP contribution in [0.15, 0.2) is 60.8 Å². The number of carbonyl (C=O) groups is 4. The molecule has 0 saturated carbocycles. The Morgan fingerprint density at radius 1 is 0.857 bits per heavy atom. The van der Waals surface area contributed by atoms with Gasteiger partial charge >= 0.3 is 5.97 Å². The largest absolute Gasteiger partial charge is 0.480 e. The molecule has 0 aliphatic heterocycles. The van der Waals surface area contributed by atoms with Gasteiger partial charge in [-0.3, -0.25) is 14.4 Å². The number of carbonyl (C=O) groups excluding carboxylic acids is 3. The summed E-state index contributed by atoms with van der Waals surface area (Å²) < 4.78 is 0. The number of rotatable bonds is 16. The maximum atomic E-state index is 13.6.